The number of imidazole rings is 1. The molecule has 6 aromatic heterocycles. The molecule has 0 radical (unpaired) electrons. The number of furan rings is 1. The number of fused-ring (bicyclic) bond motifs is 2. The van der Waals surface area contributed by atoms with E-state index in [1.807, 2.05) is 24.3 Å². The van der Waals surface area contributed by atoms with Crippen LogP contribution in [0.25, 0.3) is 56.0 Å². The fourth-order valence-electron chi connectivity index (χ4n) is 3.53. The zero-order valence-corrected chi connectivity index (χ0v) is 15.5. The van der Waals surface area contributed by atoms with E-state index >= 15 is 0 Å². The Morgan fingerprint density at radius 3 is 2.73 bits per heavy atom. The van der Waals surface area contributed by atoms with Crippen LogP contribution in [0.2, 0.25) is 0 Å². The molecule has 6 aromatic rings. The summed E-state index contributed by atoms with van der Waals surface area (Å²) in [5.74, 6) is 0.601. The van der Waals surface area contributed by atoms with Gasteiger partial charge in [-0.05, 0) is 24.3 Å². The summed E-state index contributed by atoms with van der Waals surface area (Å²) < 4.78 is 5.22. The van der Waals surface area contributed by atoms with Gasteiger partial charge in [0, 0.05) is 47.0 Å². The molecule has 6 heterocycles. The van der Waals surface area contributed by atoms with Crippen LogP contribution in [0.3, 0.4) is 0 Å². The standard InChI is InChI=1S/C21H14N8O/c22-14-5-12(7-23-9-14)13-6-16-18(28-29-19(16)25-8-13)21-26-17-15(11-2-4-30-10-11)1-3-24-20(17)27-21/h1-10H,22H2,(H,24,26,27)(H,25,28,29). The van der Waals surface area contributed by atoms with Crippen LogP contribution < -0.4 is 5.73 Å². The van der Waals surface area contributed by atoms with E-state index in [1.165, 1.54) is 0 Å². The molecular weight excluding hydrogens is 380 g/mol. The number of hydrogen-bond donors (Lipinski definition) is 3. The third kappa shape index (κ3) is 2.53. The third-order valence-electron chi connectivity index (χ3n) is 4.95. The Balaban J connectivity index is 1.52. The molecule has 0 bridgehead atoms. The van der Waals surface area contributed by atoms with Crippen LogP contribution in [0.1, 0.15) is 0 Å². The number of anilines is 1. The van der Waals surface area contributed by atoms with Gasteiger partial charge in [0.25, 0.3) is 0 Å². The van der Waals surface area contributed by atoms with Gasteiger partial charge >= 0.3 is 0 Å². The second kappa shape index (κ2) is 6.24. The number of aromatic amines is 2. The molecule has 0 fully saturated rings. The summed E-state index contributed by atoms with van der Waals surface area (Å²) >= 11 is 0. The van der Waals surface area contributed by atoms with Crippen molar-refractivity contribution in [1.29, 1.82) is 0 Å². The lowest BCUT2D eigenvalue weighted by molar-refractivity contribution is 0.568. The van der Waals surface area contributed by atoms with E-state index in [0.29, 0.717) is 28.5 Å². The van der Waals surface area contributed by atoms with Gasteiger partial charge in [0.1, 0.15) is 11.2 Å². The highest BCUT2D eigenvalue weighted by Crippen LogP contribution is 2.32. The molecule has 30 heavy (non-hydrogen) atoms. The lowest BCUT2D eigenvalue weighted by Gasteiger charge is -2.02. The number of nitrogens with zero attached hydrogens (tertiary/aromatic N) is 5. The Morgan fingerprint density at radius 1 is 0.933 bits per heavy atom. The summed E-state index contributed by atoms with van der Waals surface area (Å²) in [6, 6.07) is 7.66. The van der Waals surface area contributed by atoms with E-state index in [9.17, 15) is 0 Å². The number of nitrogen functional groups attached to an aromatic ring is 1. The van der Waals surface area contributed by atoms with Crippen molar-refractivity contribution in [3.63, 3.8) is 0 Å². The number of pyridine rings is 3. The van der Waals surface area contributed by atoms with E-state index in [1.54, 1.807) is 37.3 Å². The quantitative estimate of drug-likeness (QED) is 0.415. The molecular formula is C21H14N8O. The van der Waals surface area contributed by atoms with Crippen molar-refractivity contribution in [2.24, 2.45) is 0 Å². The predicted molar refractivity (Wildman–Crippen MR) is 112 cm³/mol. The fraction of sp³-hybridized carbons (Fsp3) is 0. The minimum absolute atomic E-state index is 0.593. The molecule has 0 saturated heterocycles. The first kappa shape index (κ1) is 16.4. The summed E-state index contributed by atoms with van der Waals surface area (Å²) in [4.78, 5) is 21.1. The molecule has 9 nitrogen and oxygen atoms in total. The number of hydrogen-bond acceptors (Lipinski definition) is 7. The molecule has 0 atom stereocenters. The first-order valence-electron chi connectivity index (χ1n) is 9.19. The maximum atomic E-state index is 5.88. The maximum Gasteiger partial charge on any atom is 0.161 e. The zero-order chi connectivity index (χ0) is 20.1. The molecule has 0 unspecified atom stereocenters. The number of nitrogens with two attached hydrogens (primary N) is 1. The molecule has 0 aliphatic carbocycles. The SMILES string of the molecule is Nc1cncc(-c2cnc3[nH]nc(-c4nc5c(-c6ccoc6)ccnc5[nH]4)c3c2)c1. The molecule has 0 aliphatic heterocycles. The van der Waals surface area contributed by atoms with E-state index in [-0.39, 0.29) is 0 Å². The Labute approximate surface area is 169 Å². The van der Waals surface area contributed by atoms with Gasteiger partial charge in [0.15, 0.2) is 17.1 Å². The molecule has 0 saturated carbocycles. The summed E-state index contributed by atoms with van der Waals surface area (Å²) in [5.41, 5.74) is 12.8. The van der Waals surface area contributed by atoms with Gasteiger partial charge in [-0.1, -0.05) is 0 Å². The Kier molecular flexibility index (Phi) is 3.42. The van der Waals surface area contributed by atoms with Crippen molar-refractivity contribution in [3.05, 3.63) is 61.6 Å². The van der Waals surface area contributed by atoms with E-state index in [2.05, 4.69) is 30.1 Å². The largest absolute Gasteiger partial charge is 0.472 e. The van der Waals surface area contributed by atoms with E-state index < -0.39 is 0 Å². The highest BCUT2D eigenvalue weighted by molar-refractivity contribution is 5.96. The number of rotatable bonds is 3. The summed E-state index contributed by atoms with van der Waals surface area (Å²) in [6.07, 6.45) is 10.2. The first-order valence-corrected chi connectivity index (χ1v) is 9.19. The zero-order valence-electron chi connectivity index (χ0n) is 15.5. The average Bonchev–Trinajstić information content (AvgIpc) is 3.51. The lowest BCUT2D eigenvalue weighted by Crippen LogP contribution is -1.89. The van der Waals surface area contributed by atoms with Crippen LogP contribution in [-0.2, 0) is 0 Å². The van der Waals surface area contributed by atoms with Gasteiger partial charge in [-0.2, -0.15) is 5.10 Å². The van der Waals surface area contributed by atoms with Crippen LogP contribution in [-0.4, -0.2) is 35.1 Å². The van der Waals surface area contributed by atoms with E-state index in [4.69, 9.17) is 15.1 Å². The predicted octanol–water partition coefficient (Wildman–Crippen LogP) is 3.80. The van der Waals surface area contributed by atoms with Crippen molar-refractivity contribution in [3.8, 4) is 33.8 Å². The Hall–Kier alpha value is -4.53. The Morgan fingerprint density at radius 2 is 1.87 bits per heavy atom. The summed E-state index contributed by atoms with van der Waals surface area (Å²) in [5, 5.41) is 8.24. The monoisotopic (exact) mass is 394 g/mol. The fourth-order valence-corrected chi connectivity index (χ4v) is 3.53. The molecule has 144 valence electrons. The van der Waals surface area contributed by atoms with Gasteiger partial charge in [-0.25, -0.2) is 15.0 Å². The van der Waals surface area contributed by atoms with Crippen LogP contribution in [0.4, 0.5) is 5.69 Å². The molecule has 9 heteroatoms. The average molecular weight is 394 g/mol. The summed E-state index contributed by atoms with van der Waals surface area (Å²) in [7, 11) is 0. The van der Waals surface area contributed by atoms with Gasteiger partial charge in [0.2, 0.25) is 0 Å². The van der Waals surface area contributed by atoms with Crippen molar-refractivity contribution in [2.75, 3.05) is 5.73 Å². The molecule has 0 amide bonds. The van der Waals surface area contributed by atoms with Crippen molar-refractivity contribution >= 4 is 27.9 Å². The van der Waals surface area contributed by atoms with Crippen LogP contribution in [0, 0.1) is 0 Å². The smallest absolute Gasteiger partial charge is 0.161 e. The molecule has 0 spiro atoms. The van der Waals surface area contributed by atoms with Gasteiger partial charge in [-0.3, -0.25) is 10.1 Å². The van der Waals surface area contributed by atoms with Gasteiger partial charge in [0.05, 0.1) is 23.6 Å². The second-order valence-corrected chi connectivity index (χ2v) is 6.85. The van der Waals surface area contributed by atoms with Crippen LogP contribution >= 0.6 is 0 Å². The highest BCUT2D eigenvalue weighted by atomic mass is 16.3. The van der Waals surface area contributed by atoms with Crippen molar-refractivity contribution in [1.82, 2.24) is 35.1 Å². The topological polar surface area (TPSA) is 135 Å². The molecule has 6 rings (SSSR count). The Bertz CT molecular complexity index is 1510. The first-order chi connectivity index (χ1) is 14.8. The maximum absolute atomic E-state index is 5.88. The van der Waals surface area contributed by atoms with Crippen LogP contribution in [0.15, 0.2) is 66.0 Å². The highest BCUT2D eigenvalue weighted by Gasteiger charge is 2.17. The minimum Gasteiger partial charge on any atom is -0.472 e. The minimum atomic E-state index is 0.593. The number of aromatic nitrogens is 7. The second-order valence-electron chi connectivity index (χ2n) is 6.85. The van der Waals surface area contributed by atoms with Crippen molar-refractivity contribution in [2.45, 2.75) is 0 Å². The van der Waals surface area contributed by atoms with Gasteiger partial charge in [-0.15, -0.1) is 0 Å². The van der Waals surface area contributed by atoms with E-state index in [0.717, 1.165) is 33.2 Å². The lowest BCUT2D eigenvalue weighted by atomic mass is 10.1. The summed E-state index contributed by atoms with van der Waals surface area (Å²) in [6.45, 7) is 0. The number of H-pyrrole nitrogens is 2. The molecule has 0 aromatic carbocycles. The molecule has 4 N–H and O–H groups in total. The van der Waals surface area contributed by atoms with Crippen LogP contribution in [0.5, 0.6) is 0 Å². The van der Waals surface area contributed by atoms with Crippen molar-refractivity contribution < 1.29 is 4.42 Å². The number of nitrogens with one attached hydrogen (secondary N) is 2. The molecule has 0 aliphatic rings. The van der Waals surface area contributed by atoms with Gasteiger partial charge < -0.3 is 15.1 Å². The third-order valence-corrected chi connectivity index (χ3v) is 4.95. The normalized spacial score (nSPS) is 11.5.